The molecule has 1 saturated carbocycles. The Bertz CT molecular complexity index is 511. The average molecular weight is 298 g/mol. The van der Waals surface area contributed by atoms with E-state index >= 15 is 0 Å². The van der Waals surface area contributed by atoms with Gasteiger partial charge in [-0.1, -0.05) is 6.07 Å². The van der Waals surface area contributed by atoms with Gasteiger partial charge in [0.2, 0.25) is 5.91 Å². The number of rotatable bonds is 4. The SMILES string of the molecule is CC(CS(C)=O)N1C(=O)C2(CC2)NC1c1cccs1. The first-order valence-corrected chi connectivity index (χ1v) is 9.08. The van der Waals surface area contributed by atoms with Crippen LogP contribution >= 0.6 is 11.3 Å². The Morgan fingerprint density at radius 1 is 1.63 bits per heavy atom. The molecule has 1 aromatic rings. The summed E-state index contributed by atoms with van der Waals surface area (Å²) in [5.41, 5.74) is -0.321. The molecule has 3 atom stereocenters. The van der Waals surface area contributed by atoms with Gasteiger partial charge in [0.1, 0.15) is 11.7 Å². The van der Waals surface area contributed by atoms with Gasteiger partial charge in [0.15, 0.2) is 0 Å². The highest BCUT2D eigenvalue weighted by molar-refractivity contribution is 7.84. The molecule has 4 nitrogen and oxygen atoms in total. The summed E-state index contributed by atoms with van der Waals surface area (Å²) in [7, 11) is -0.891. The van der Waals surface area contributed by atoms with E-state index in [1.54, 1.807) is 17.6 Å². The Morgan fingerprint density at radius 3 is 2.89 bits per heavy atom. The lowest BCUT2D eigenvalue weighted by Gasteiger charge is -2.29. The molecule has 2 aliphatic rings. The number of nitrogens with one attached hydrogen (secondary N) is 1. The Balaban J connectivity index is 1.89. The van der Waals surface area contributed by atoms with Gasteiger partial charge < -0.3 is 4.90 Å². The summed E-state index contributed by atoms with van der Waals surface area (Å²) in [4.78, 5) is 15.6. The van der Waals surface area contributed by atoms with Gasteiger partial charge in [-0.3, -0.25) is 14.3 Å². The molecule has 1 spiro atoms. The lowest BCUT2D eigenvalue weighted by Crippen LogP contribution is -2.41. The molecule has 3 unspecified atom stereocenters. The van der Waals surface area contributed by atoms with Gasteiger partial charge in [-0.2, -0.15) is 0 Å². The van der Waals surface area contributed by atoms with Gasteiger partial charge in [0.05, 0.1) is 0 Å². The lowest BCUT2D eigenvalue weighted by atomic mass is 10.2. The third kappa shape index (κ3) is 2.26. The summed E-state index contributed by atoms with van der Waals surface area (Å²) in [5.74, 6) is 0.717. The van der Waals surface area contributed by atoms with E-state index in [-0.39, 0.29) is 23.7 Å². The molecule has 1 aliphatic heterocycles. The number of carbonyl (C=O) groups is 1. The van der Waals surface area contributed by atoms with E-state index in [4.69, 9.17) is 0 Å². The van der Waals surface area contributed by atoms with Crippen molar-refractivity contribution in [2.24, 2.45) is 0 Å². The molecule has 1 amide bonds. The monoisotopic (exact) mass is 298 g/mol. The highest BCUT2D eigenvalue weighted by atomic mass is 32.2. The Kier molecular flexibility index (Phi) is 3.27. The fourth-order valence-electron chi connectivity index (χ4n) is 2.77. The number of hydrogen-bond acceptors (Lipinski definition) is 4. The van der Waals surface area contributed by atoms with Crippen LogP contribution in [0.1, 0.15) is 30.8 Å². The molecule has 0 bridgehead atoms. The van der Waals surface area contributed by atoms with Crippen molar-refractivity contribution in [1.29, 1.82) is 0 Å². The molecular weight excluding hydrogens is 280 g/mol. The van der Waals surface area contributed by atoms with Crippen molar-refractivity contribution in [2.75, 3.05) is 12.0 Å². The van der Waals surface area contributed by atoms with E-state index < -0.39 is 10.8 Å². The molecule has 0 aromatic carbocycles. The molecule has 1 N–H and O–H groups in total. The zero-order valence-corrected chi connectivity index (χ0v) is 12.7. The fourth-order valence-corrected chi connectivity index (χ4v) is 4.38. The molecule has 1 aliphatic carbocycles. The summed E-state index contributed by atoms with van der Waals surface area (Å²) in [6.45, 7) is 1.99. The number of thiophene rings is 1. The molecule has 2 heterocycles. The highest BCUT2D eigenvalue weighted by Gasteiger charge is 2.60. The summed E-state index contributed by atoms with van der Waals surface area (Å²) >= 11 is 1.66. The predicted molar refractivity (Wildman–Crippen MR) is 77.4 cm³/mol. The third-order valence-corrected chi connectivity index (χ3v) is 5.73. The van der Waals surface area contributed by atoms with Crippen molar-refractivity contribution < 1.29 is 9.00 Å². The van der Waals surface area contributed by atoms with Crippen LogP contribution in [0.15, 0.2) is 17.5 Å². The topological polar surface area (TPSA) is 49.4 Å². The predicted octanol–water partition coefficient (Wildman–Crippen LogP) is 1.48. The summed E-state index contributed by atoms with van der Waals surface area (Å²) in [6, 6.07) is 4.06. The number of hydrogen-bond donors (Lipinski definition) is 1. The van der Waals surface area contributed by atoms with E-state index in [0.29, 0.717) is 5.75 Å². The average Bonchev–Trinajstić information content (AvgIpc) is 2.82. The van der Waals surface area contributed by atoms with Crippen molar-refractivity contribution in [3.63, 3.8) is 0 Å². The minimum absolute atomic E-state index is 0.00194. The van der Waals surface area contributed by atoms with Crippen molar-refractivity contribution in [3.05, 3.63) is 22.4 Å². The summed E-state index contributed by atoms with van der Waals surface area (Å²) in [6.07, 6.45) is 3.49. The molecule has 2 fully saturated rings. The van der Waals surface area contributed by atoms with Crippen LogP contribution in [0.2, 0.25) is 0 Å². The molecule has 19 heavy (non-hydrogen) atoms. The molecular formula is C13H18N2O2S2. The summed E-state index contributed by atoms with van der Waals surface area (Å²) < 4.78 is 11.4. The first kappa shape index (κ1) is 13.3. The number of carbonyl (C=O) groups excluding carboxylic acids is 1. The Hall–Kier alpha value is -0.720. The second-order valence-electron chi connectivity index (χ2n) is 5.45. The quantitative estimate of drug-likeness (QED) is 0.916. The Morgan fingerprint density at radius 2 is 2.37 bits per heavy atom. The second kappa shape index (κ2) is 4.68. The molecule has 1 aromatic heterocycles. The number of nitrogens with zero attached hydrogens (tertiary/aromatic N) is 1. The minimum Gasteiger partial charge on any atom is -0.317 e. The van der Waals surface area contributed by atoms with Gasteiger partial charge >= 0.3 is 0 Å². The molecule has 104 valence electrons. The van der Waals surface area contributed by atoms with Gasteiger partial charge in [-0.25, -0.2) is 0 Å². The van der Waals surface area contributed by atoms with Crippen molar-refractivity contribution >= 4 is 28.0 Å². The fraction of sp³-hybridized carbons (Fsp3) is 0.615. The normalized spacial score (nSPS) is 27.8. The molecule has 1 saturated heterocycles. The highest BCUT2D eigenvalue weighted by Crippen LogP contribution is 2.47. The van der Waals surface area contributed by atoms with Crippen LogP contribution in [0.4, 0.5) is 0 Å². The van der Waals surface area contributed by atoms with E-state index in [2.05, 4.69) is 11.4 Å². The molecule has 0 radical (unpaired) electrons. The molecule has 3 rings (SSSR count). The first-order chi connectivity index (χ1) is 9.03. The van der Waals surface area contributed by atoms with Gasteiger partial charge in [-0.15, -0.1) is 11.3 Å². The van der Waals surface area contributed by atoms with E-state index in [1.165, 1.54) is 0 Å². The van der Waals surface area contributed by atoms with Crippen molar-refractivity contribution in [1.82, 2.24) is 10.2 Å². The Labute approximate surface area is 119 Å². The third-order valence-electron chi connectivity index (χ3n) is 3.85. The van der Waals surface area contributed by atoms with Crippen LogP contribution < -0.4 is 5.32 Å². The largest absolute Gasteiger partial charge is 0.317 e. The van der Waals surface area contributed by atoms with Crippen LogP contribution in [-0.2, 0) is 15.6 Å². The van der Waals surface area contributed by atoms with E-state index in [1.807, 2.05) is 23.3 Å². The van der Waals surface area contributed by atoms with E-state index in [9.17, 15) is 9.00 Å². The maximum Gasteiger partial charge on any atom is 0.244 e. The zero-order chi connectivity index (χ0) is 13.6. The van der Waals surface area contributed by atoms with Gasteiger partial charge in [0, 0.05) is 33.7 Å². The van der Waals surface area contributed by atoms with Gasteiger partial charge in [0.25, 0.3) is 0 Å². The second-order valence-corrected chi connectivity index (χ2v) is 7.90. The lowest BCUT2D eigenvalue weighted by molar-refractivity contribution is -0.132. The standard InChI is InChI=1S/C13H18N2O2S2/c1-9(8-19(2)17)15-11(10-4-3-7-18-10)14-13(5-6-13)12(15)16/h3-4,7,9,11,14H,5-6,8H2,1-2H3. The van der Waals surface area contributed by atoms with Crippen LogP contribution in [0.5, 0.6) is 0 Å². The first-order valence-electron chi connectivity index (χ1n) is 6.47. The van der Waals surface area contributed by atoms with Crippen LogP contribution in [-0.4, -0.2) is 38.6 Å². The van der Waals surface area contributed by atoms with Crippen LogP contribution in [0.25, 0.3) is 0 Å². The summed E-state index contributed by atoms with van der Waals surface area (Å²) in [5, 5.41) is 5.51. The maximum atomic E-state index is 12.6. The number of amides is 1. The smallest absolute Gasteiger partial charge is 0.244 e. The zero-order valence-electron chi connectivity index (χ0n) is 11.1. The maximum absolute atomic E-state index is 12.6. The van der Waals surface area contributed by atoms with Crippen LogP contribution in [0.3, 0.4) is 0 Å². The van der Waals surface area contributed by atoms with E-state index in [0.717, 1.165) is 17.7 Å². The minimum atomic E-state index is -0.891. The molecule has 6 heteroatoms. The van der Waals surface area contributed by atoms with Gasteiger partial charge in [-0.05, 0) is 31.2 Å². The van der Waals surface area contributed by atoms with Crippen molar-refractivity contribution in [2.45, 2.75) is 37.5 Å². The van der Waals surface area contributed by atoms with Crippen molar-refractivity contribution in [3.8, 4) is 0 Å². The van der Waals surface area contributed by atoms with Crippen LogP contribution in [0, 0.1) is 0 Å².